The van der Waals surface area contributed by atoms with Crippen molar-refractivity contribution in [1.29, 1.82) is 0 Å². The molecule has 2 aromatic heterocycles. The molecule has 7 heteroatoms. The predicted molar refractivity (Wildman–Crippen MR) is 105 cm³/mol. The molecule has 0 spiro atoms. The zero-order valence-electron chi connectivity index (χ0n) is 15.7. The number of carbonyl (C=O) groups excluding carboxylic acids is 1. The second-order valence-corrected chi connectivity index (χ2v) is 8.64. The summed E-state index contributed by atoms with van der Waals surface area (Å²) in [5.74, 6) is 1.12. The van der Waals surface area contributed by atoms with E-state index in [1.54, 1.807) is 11.3 Å². The van der Waals surface area contributed by atoms with E-state index in [0.717, 1.165) is 30.6 Å². The molecule has 2 aliphatic rings. The van der Waals surface area contributed by atoms with Crippen LogP contribution in [-0.2, 0) is 6.54 Å². The van der Waals surface area contributed by atoms with Gasteiger partial charge in [-0.1, -0.05) is 49.7 Å². The van der Waals surface area contributed by atoms with Gasteiger partial charge in [0.1, 0.15) is 6.54 Å². The summed E-state index contributed by atoms with van der Waals surface area (Å²) in [6.45, 7) is 0.390. The lowest BCUT2D eigenvalue weighted by Gasteiger charge is -2.35. The molecule has 27 heavy (non-hydrogen) atoms. The van der Waals surface area contributed by atoms with Gasteiger partial charge >= 0.3 is 6.03 Å². The Morgan fingerprint density at radius 2 is 1.89 bits per heavy atom. The van der Waals surface area contributed by atoms with Crippen molar-refractivity contribution in [2.75, 3.05) is 0 Å². The lowest BCUT2D eigenvalue weighted by atomic mass is 9.94. The highest BCUT2D eigenvalue weighted by molar-refractivity contribution is 7.13. The Balaban J connectivity index is 1.46. The Hall–Kier alpha value is -1.89. The number of thiophene rings is 1. The summed E-state index contributed by atoms with van der Waals surface area (Å²) in [6.07, 6.45) is 11.6. The van der Waals surface area contributed by atoms with Crippen molar-refractivity contribution >= 4 is 17.4 Å². The third kappa shape index (κ3) is 4.69. The number of carbonyl (C=O) groups is 1. The first-order valence-corrected chi connectivity index (χ1v) is 11.1. The second kappa shape index (κ2) is 8.87. The first kappa shape index (κ1) is 18.5. The molecule has 0 bridgehead atoms. The van der Waals surface area contributed by atoms with E-state index < -0.39 is 0 Å². The van der Waals surface area contributed by atoms with Crippen LogP contribution in [0.4, 0.5) is 4.79 Å². The van der Waals surface area contributed by atoms with Crippen LogP contribution in [0.5, 0.6) is 0 Å². The minimum absolute atomic E-state index is 0.0321. The summed E-state index contributed by atoms with van der Waals surface area (Å²) in [4.78, 5) is 20.5. The Labute approximate surface area is 164 Å². The van der Waals surface area contributed by atoms with Gasteiger partial charge in [0, 0.05) is 12.1 Å². The number of nitrogens with one attached hydrogen (secondary N) is 1. The van der Waals surface area contributed by atoms with E-state index in [-0.39, 0.29) is 12.1 Å². The topological polar surface area (TPSA) is 71.3 Å². The maximum absolute atomic E-state index is 13.1. The van der Waals surface area contributed by atoms with E-state index in [1.165, 1.54) is 38.5 Å². The Morgan fingerprint density at radius 3 is 2.59 bits per heavy atom. The monoisotopic (exact) mass is 388 g/mol. The number of hydrogen-bond donors (Lipinski definition) is 1. The summed E-state index contributed by atoms with van der Waals surface area (Å²) >= 11 is 1.59. The molecule has 6 nitrogen and oxygen atoms in total. The largest absolute Gasteiger partial charge is 0.337 e. The average Bonchev–Trinajstić information content (AvgIpc) is 3.39. The fourth-order valence-electron chi connectivity index (χ4n) is 4.23. The summed E-state index contributed by atoms with van der Waals surface area (Å²) in [5.41, 5.74) is 0. The summed E-state index contributed by atoms with van der Waals surface area (Å²) in [6, 6.07) is 4.56. The predicted octanol–water partition coefficient (Wildman–Crippen LogP) is 4.98. The standard InChI is InChI=1S/C20H28N4O2S/c25-20(21-15-8-3-1-4-9-15)24(16-10-5-2-6-11-16)14-18-22-19(23-26-18)17-12-7-13-27-17/h7,12-13,15-16H,1-6,8-11,14H2,(H,21,25). The average molecular weight is 389 g/mol. The minimum Gasteiger partial charge on any atom is -0.337 e. The molecule has 0 radical (unpaired) electrons. The van der Waals surface area contributed by atoms with E-state index in [4.69, 9.17) is 4.52 Å². The SMILES string of the molecule is O=C(NC1CCCCC1)N(Cc1nc(-c2cccs2)no1)C1CCCCC1. The highest BCUT2D eigenvalue weighted by Gasteiger charge is 2.29. The molecule has 2 aliphatic carbocycles. The van der Waals surface area contributed by atoms with Crippen LogP contribution in [-0.4, -0.2) is 33.2 Å². The fourth-order valence-corrected chi connectivity index (χ4v) is 4.88. The molecule has 2 fully saturated rings. The number of rotatable bonds is 5. The lowest BCUT2D eigenvalue weighted by molar-refractivity contribution is 0.136. The second-order valence-electron chi connectivity index (χ2n) is 7.69. The molecule has 2 heterocycles. The van der Waals surface area contributed by atoms with Crippen molar-refractivity contribution in [3.05, 3.63) is 23.4 Å². The maximum Gasteiger partial charge on any atom is 0.318 e. The Morgan fingerprint density at radius 1 is 1.15 bits per heavy atom. The van der Waals surface area contributed by atoms with Crippen LogP contribution >= 0.6 is 11.3 Å². The van der Waals surface area contributed by atoms with Crippen LogP contribution < -0.4 is 5.32 Å². The molecule has 0 atom stereocenters. The molecule has 0 saturated heterocycles. The smallest absolute Gasteiger partial charge is 0.318 e. The Bertz CT molecular complexity index is 718. The van der Waals surface area contributed by atoms with Gasteiger partial charge in [0.25, 0.3) is 0 Å². The molecule has 0 aromatic carbocycles. The van der Waals surface area contributed by atoms with E-state index in [2.05, 4.69) is 15.5 Å². The van der Waals surface area contributed by atoms with Crippen molar-refractivity contribution in [1.82, 2.24) is 20.4 Å². The van der Waals surface area contributed by atoms with Crippen molar-refractivity contribution in [2.45, 2.75) is 82.8 Å². The van der Waals surface area contributed by atoms with Crippen LogP contribution in [0.1, 0.15) is 70.1 Å². The van der Waals surface area contributed by atoms with Crippen molar-refractivity contribution in [2.24, 2.45) is 0 Å². The van der Waals surface area contributed by atoms with E-state index in [1.807, 2.05) is 22.4 Å². The van der Waals surface area contributed by atoms with Gasteiger partial charge in [0.15, 0.2) is 0 Å². The molecule has 4 rings (SSSR count). The maximum atomic E-state index is 13.1. The molecule has 2 amide bonds. The fraction of sp³-hybridized carbons (Fsp3) is 0.650. The number of aromatic nitrogens is 2. The third-order valence-corrected chi connectivity index (χ3v) is 6.59. The van der Waals surface area contributed by atoms with E-state index in [9.17, 15) is 4.79 Å². The number of hydrogen-bond acceptors (Lipinski definition) is 5. The zero-order chi connectivity index (χ0) is 18.5. The molecule has 0 aliphatic heterocycles. The summed E-state index contributed by atoms with van der Waals surface area (Å²) < 4.78 is 5.47. The van der Waals surface area contributed by atoms with E-state index in [0.29, 0.717) is 24.3 Å². The molecular formula is C20H28N4O2S. The summed E-state index contributed by atoms with van der Waals surface area (Å²) in [7, 11) is 0. The van der Waals surface area contributed by atoms with Gasteiger partial charge in [-0.3, -0.25) is 0 Å². The number of urea groups is 1. The van der Waals surface area contributed by atoms with Crippen molar-refractivity contribution < 1.29 is 9.32 Å². The number of nitrogens with zero attached hydrogens (tertiary/aromatic N) is 3. The lowest BCUT2D eigenvalue weighted by Crippen LogP contribution is -2.49. The first-order chi connectivity index (χ1) is 13.3. The van der Waals surface area contributed by atoms with Gasteiger partial charge in [-0.15, -0.1) is 11.3 Å². The zero-order valence-corrected chi connectivity index (χ0v) is 16.5. The van der Waals surface area contributed by atoms with Gasteiger partial charge in [-0.2, -0.15) is 4.98 Å². The number of amides is 2. The van der Waals surface area contributed by atoms with Gasteiger partial charge < -0.3 is 14.7 Å². The molecule has 0 unspecified atom stereocenters. The van der Waals surface area contributed by atoms with E-state index >= 15 is 0 Å². The van der Waals surface area contributed by atoms with Gasteiger partial charge in [0.2, 0.25) is 11.7 Å². The van der Waals surface area contributed by atoms with Crippen LogP contribution in [0, 0.1) is 0 Å². The van der Waals surface area contributed by atoms with Crippen molar-refractivity contribution in [3.63, 3.8) is 0 Å². The van der Waals surface area contributed by atoms with Crippen molar-refractivity contribution in [3.8, 4) is 10.7 Å². The highest BCUT2D eigenvalue weighted by atomic mass is 32.1. The quantitative estimate of drug-likeness (QED) is 0.784. The highest BCUT2D eigenvalue weighted by Crippen LogP contribution is 2.26. The van der Waals surface area contributed by atoms with Gasteiger partial charge in [-0.05, 0) is 37.1 Å². The third-order valence-electron chi connectivity index (χ3n) is 5.72. The normalized spacial score (nSPS) is 19.1. The molecule has 2 aromatic rings. The summed E-state index contributed by atoms with van der Waals surface area (Å²) in [5, 5.41) is 9.37. The first-order valence-electron chi connectivity index (χ1n) is 10.2. The Kier molecular flexibility index (Phi) is 6.07. The van der Waals surface area contributed by atoms with Gasteiger partial charge in [-0.25, -0.2) is 4.79 Å². The molecule has 1 N–H and O–H groups in total. The molecule has 2 saturated carbocycles. The van der Waals surface area contributed by atoms with Gasteiger partial charge in [0.05, 0.1) is 4.88 Å². The van der Waals surface area contributed by atoms with Crippen LogP contribution in [0.25, 0.3) is 10.7 Å². The van der Waals surface area contributed by atoms with Crippen LogP contribution in [0.3, 0.4) is 0 Å². The molecular weight excluding hydrogens is 360 g/mol. The van der Waals surface area contributed by atoms with Crippen LogP contribution in [0.2, 0.25) is 0 Å². The minimum atomic E-state index is 0.0321. The van der Waals surface area contributed by atoms with Crippen LogP contribution in [0.15, 0.2) is 22.0 Å². The molecule has 146 valence electrons.